The van der Waals surface area contributed by atoms with Gasteiger partial charge in [0.1, 0.15) is 36.3 Å². The number of aliphatic carboxylic acids is 3. The molecule has 0 aliphatic carbocycles. The van der Waals surface area contributed by atoms with E-state index in [1.54, 1.807) is 6.92 Å². The van der Waals surface area contributed by atoms with Gasteiger partial charge < -0.3 is 63.3 Å². The van der Waals surface area contributed by atoms with Crippen molar-refractivity contribution in [3.63, 3.8) is 0 Å². The number of likely N-dealkylation sites (tertiary alicyclic amines) is 1. The fourth-order valence-corrected chi connectivity index (χ4v) is 6.13. The number of imidazole rings is 1. The van der Waals surface area contributed by atoms with Gasteiger partial charge in [-0.1, -0.05) is 20.3 Å². The van der Waals surface area contributed by atoms with Crippen LogP contribution >= 0.6 is 0 Å². The van der Waals surface area contributed by atoms with E-state index >= 15 is 0 Å². The topological polar surface area (TPSA) is 358 Å². The lowest BCUT2D eigenvalue weighted by molar-refractivity contribution is -0.142. The molecule has 8 atom stereocenters. The van der Waals surface area contributed by atoms with Crippen molar-refractivity contribution in [2.75, 3.05) is 13.1 Å². The molecule has 13 N–H and O–H groups in total. The summed E-state index contributed by atoms with van der Waals surface area (Å²) in [7, 11) is 0. The van der Waals surface area contributed by atoms with Crippen LogP contribution in [0.15, 0.2) is 12.5 Å². The lowest BCUT2D eigenvalue weighted by Gasteiger charge is -2.30. The molecule has 1 fully saturated rings. The number of carbonyl (C=O) groups excluding carboxylic acids is 6. The van der Waals surface area contributed by atoms with Gasteiger partial charge >= 0.3 is 17.9 Å². The molecule has 6 amide bonds. The second kappa shape index (κ2) is 24.2. The zero-order valence-corrected chi connectivity index (χ0v) is 33.0. The summed E-state index contributed by atoms with van der Waals surface area (Å²) in [6.45, 7) is 5.48. The smallest absolute Gasteiger partial charge is 0.326 e. The highest BCUT2D eigenvalue weighted by molar-refractivity contribution is 5.97. The van der Waals surface area contributed by atoms with Gasteiger partial charge in [-0.25, -0.2) is 9.78 Å². The molecule has 0 radical (unpaired) electrons. The molecule has 8 unspecified atom stereocenters. The van der Waals surface area contributed by atoms with E-state index in [0.717, 1.165) is 0 Å². The quantitative estimate of drug-likeness (QED) is 0.0438. The van der Waals surface area contributed by atoms with E-state index in [2.05, 4.69) is 36.6 Å². The highest BCUT2D eigenvalue weighted by Crippen LogP contribution is 2.21. The highest BCUT2D eigenvalue weighted by Gasteiger charge is 2.39. The Bertz CT molecular complexity index is 1590. The van der Waals surface area contributed by atoms with E-state index in [-0.39, 0.29) is 31.7 Å². The Labute approximate surface area is 335 Å². The largest absolute Gasteiger partial charge is 0.481 e. The van der Waals surface area contributed by atoms with Crippen LogP contribution in [-0.4, -0.2) is 139 Å². The number of unbranched alkanes of at least 4 members (excludes halogenated alkanes) is 1. The molecule has 0 saturated carbocycles. The summed E-state index contributed by atoms with van der Waals surface area (Å²) in [5.41, 5.74) is 12.0. The Morgan fingerprint density at radius 3 is 1.93 bits per heavy atom. The van der Waals surface area contributed by atoms with E-state index in [0.29, 0.717) is 37.9 Å². The molecular formula is C36H58N10O12. The van der Waals surface area contributed by atoms with E-state index in [1.807, 2.05) is 6.92 Å². The summed E-state index contributed by atoms with van der Waals surface area (Å²) < 4.78 is 0. The van der Waals surface area contributed by atoms with E-state index in [1.165, 1.54) is 24.3 Å². The number of hydrogen-bond acceptors (Lipinski definition) is 12. The predicted octanol–water partition coefficient (Wildman–Crippen LogP) is -2.30. The molecule has 2 heterocycles. The number of carboxylic acids is 3. The van der Waals surface area contributed by atoms with E-state index < -0.39 is 121 Å². The van der Waals surface area contributed by atoms with Gasteiger partial charge in [0.15, 0.2) is 0 Å². The Balaban J connectivity index is 2.23. The number of H-pyrrole nitrogens is 1. The number of aromatic amines is 1. The van der Waals surface area contributed by atoms with Gasteiger partial charge in [0.2, 0.25) is 35.4 Å². The minimum absolute atomic E-state index is 0.0749. The van der Waals surface area contributed by atoms with E-state index in [4.69, 9.17) is 11.5 Å². The molecule has 1 aliphatic heterocycles. The molecule has 324 valence electrons. The van der Waals surface area contributed by atoms with Crippen molar-refractivity contribution in [2.24, 2.45) is 17.4 Å². The lowest BCUT2D eigenvalue weighted by atomic mass is 9.98. The first-order chi connectivity index (χ1) is 27.4. The van der Waals surface area contributed by atoms with Crippen LogP contribution in [0.5, 0.6) is 0 Å². The van der Waals surface area contributed by atoms with Gasteiger partial charge in [-0.2, -0.15) is 0 Å². The molecule has 1 aliphatic rings. The summed E-state index contributed by atoms with van der Waals surface area (Å²) in [6.07, 6.45) is 2.81. The summed E-state index contributed by atoms with van der Waals surface area (Å²) in [5, 5.41) is 40.4. The Morgan fingerprint density at radius 1 is 0.810 bits per heavy atom. The maximum atomic E-state index is 13.6. The average molecular weight is 823 g/mol. The summed E-state index contributed by atoms with van der Waals surface area (Å²) in [5.74, 6) is -9.08. The number of nitrogens with zero attached hydrogens (tertiary/aromatic N) is 2. The summed E-state index contributed by atoms with van der Waals surface area (Å²) in [6, 6.07) is -9.04. The molecule has 0 bridgehead atoms. The maximum absolute atomic E-state index is 13.6. The van der Waals surface area contributed by atoms with Crippen molar-refractivity contribution in [3.8, 4) is 0 Å². The molecule has 1 saturated heterocycles. The number of amides is 6. The van der Waals surface area contributed by atoms with Crippen molar-refractivity contribution < 1.29 is 58.5 Å². The predicted molar refractivity (Wildman–Crippen MR) is 204 cm³/mol. The fourth-order valence-electron chi connectivity index (χ4n) is 6.13. The molecule has 0 aromatic carbocycles. The molecule has 1 aromatic heterocycles. The monoisotopic (exact) mass is 822 g/mol. The fraction of sp³-hybridized carbons (Fsp3) is 0.667. The first kappa shape index (κ1) is 48.5. The Hall–Kier alpha value is -5.64. The second-order valence-corrected chi connectivity index (χ2v) is 14.3. The minimum Gasteiger partial charge on any atom is -0.481 e. The molecule has 2 rings (SSSR count). The lowest BCUT2D eigenvalue weighted by Crippen LogP contribution is -2.59. The number of hydrogen-bond donors (Lipinski definition) is 11. The van der Waals surface area contributed by atoms with Crippen molar-refractivity contribution in [1.82, 2.24) is 41.5 Å². The highest BCUT2D eigenvalue weighted by atomic mass is 16.4. The zero-order valence-electron chi connectivity index (χ0n) is 33.0. The number of carbonyl (C=O) groups is 9. The first-order valence-electron chi connectivity index (χ1n) is 19.3. The van der Waals surface area contributed by atoms with Crippen molar-refractivity contribution in [1.29, 1.82) is 0 Å². The standard InChI is InChI=1S/C36H58N10O12/c1-4-19(2)29(38)35(56)46-15-7-9-26(46)34(55)43-23(11-13-28(49)50)32(53)42-22(10-12-27(47)48)31(52)41-20(3)30(51)45-25(16-21-17-39-18-40-21)33(54)44-24(36(57)58)8-5-6-14-37/h17-20,22-26,29H,4-16,37-38H2,1-3H3,(H,39,40)(H,41,52)(H,42,53)(H,43,55)(H,44,54)(H,45,51)(H,47,48)(H,49,50)(H,57,58). The number of aromatic nitrogens is 2. The van der Waals surface area contributed by atoms with Gasteiger partial charge in [0, 0.05) is 37.7 Å². The van der Waals surface area contributed by atoms with Gasteiger partial charge in [0.25, 0.3) is 0 Å². The van der Waals surface area contributed by atoms with Gasteiger partial charge in [-0.3, -0.25) is 38.4 Å². The van der Waals surface area contributed by atoms with Gasteiger partial charge in [-0.15, -0.1) is 0 Å². The summed E-state index contributed by atoms with van der Waals surface area (Å²) >= 11 is 0. The van der Waals surface area contributed by atoms with Crippen LogP contribution in [0.1, 0.15) is 90.7 Å². The maximum Gasteiger partial charge on any atom is 0.326 e. The third kappa shape index (κ3) is 15.7. The van der Waals surface area contributed by atoms with Crippen molar-refractivity contribution in [3.05, 3.63) is 18.2 Å². The third-order valence-corrected chi connectivity index (χ3v) is 9.87. The van der Waals surface area contributed by atoms with Crippen molar-refractivity contribution >= 4 is 53.4 Å². The van der Waals surface area contributed by atoms with Crippen LogP contribution in [0.2, 0.25) is 0 Å². The third-order valence-electron chi connectivity index (χ3n) is 9.87. The number of carboxylic acid groups (broad SMARTS) is 3. The molecule has 22 nitrogen and oxygen atoms in total. The molecule has 1 aromatic rings. The first-order valence-corrected chi connectivity index (χ1v) is 19.3. The van der Waals surface area contributed by atoms with Crippen LogP contribution in [0.25, 0.3) is 0 Å². The average Bonchev–Trinajstić information content (AvgIpc) is 3.89. The number of rotatable bonds is 26. The van der Waals surface area contributed by atoms with Crippen LogP contribution in [-0.2, 0) is 49.6 Å². The Kier molecular flexibility index (Phi) is 20.2. The minimum atomic E-state index is -1.60. The number of nitrogens with two attached hydrogens (primary N) is 2. The molecule has 58 heavy (non-hydrogen) atoms. The zero-order chi connectivity index (χ0) is 43.5. The van der Waals surface area contributed by atoms with Crippen LogP contribution in [0, 0.1) is 5.92 Å². The van der Waals surface area contributed by atoms with Gasteiger partial charge in [-0.05, 0) is 64.3 Å². The van der Waals surface area contributed by atoms with Crippen molar-refractivity contribution in [2.45, 2.75) is 134 Å². The molecule has 22 heteroatoms. The molecular weight excluding hydrogens is 764 g/mol. The van der Waals surface area contributed by atoms with Crippen LogP contribution in [0.4, 0.5) is 0 Å². The summed E-state index contributed by atoms with van der Waals surface area (Å²) in [4.78, 5) is 123. The normalized spacial score (nSPS) is 17.3. The Morgan fingerprint density at radius 2 is 1.38 bits per heavy atom. The van der Waals surface area contributed by atoms with Crippen LogP contribution < -0.4 is 38.1 Å². The van der Waals surface area contributed by atoms with E-state index in [9.17, 15) is 58.5 Å². The van der Waals surface area contributed by atoms with Gasteiger partial charge in [0.05, 0.1) is 12.4 Å². The van der Waals surface area contributed by atoms with Crippen LogP contribution in [0.3, 0.4) is 0 Å². The number of nitrogens with one attached hydrogen (secondary N) is 6. The second-order valence-electron chi connectivity index (χ2n) is 14.3. The SMILES string of the molecule is CCC(C)C(N)C(=O)N1CCCC1C(=O)NC(CCC(=O)O)C(=O)NC(CCC(=O)O)C(=O)NC(C)C(=O)NC(Cc1cnc[nH]1)C(=O)NC(CCCCN)C(=O)O. The molecule has 0 spiro atoms.